The predicted molar refractivity (Wildman–Crippen MR) is 167 cm³/mol. The standard InChI is InChI=1S/C34H37N3O4S/c1-25-15-17-29(18-16-25)23-36(32(34(39)35-4)22-28-11-7-5-8-12-28)33(38)24-37(30-20-26(2)19-27(3)21-30)42(40,41)31-13-9-6-10-14-31/h5-21,32H,22-24H2,1-4H3,(H,35,39)/t32-/m0/s1. The van der Waals surface area contributed by atoms with Crippen LogP contribution in [0.3, 0.4) is 0 Å². The van der Waals surface area contributed by atoms with Crippen LogP contribution in [0.15, 0.2) is 108 Å². The van der Waals surface area contributed by atoms with Crippen LogP contribution < -0.4 is 9.62 Å². The molecule has 0 unspecified atom stereocenters. The van der Waals surface area contributed by atoms with Gasteiger partial charge in [0.1, 0.15) is 12.6 Å². The van der Waals surface area contributed by atoms with Gasteiger partial charge >= 0.3 is 0 Å². The van der Waals surface area contributed by atoms with E-state index in [1.807, 2.05) is 81.4 Å². The molecule has 0 aromatic heterocycles. The van der Waals surface area contributed by atoms with Crippen LogP contribution in [0.5, 0.6) is 0 Å². The molecule has 1 N–H and O–H groups in total. The van der Waals surface area contributed by atoms with Crippen LogP contribution in [0.1, 0.15) is 27.8 Å². The summed E-state index contributed by atoms with van der Waals surface area (Å²) in [7, 11) is -2.58. The summed E-state index contributed by atoms with van der Waals surface area (Å²) in [4.78, 5) is 29.2. The number of rotatable bonds is 11. The van der Waals surface area contributed by atoms with Gasteiger partial charge in [0.25, 0.3) is 10.0 Å². The quantitative estimate of drug-likeness (QED) is 0.263. The average molecular weight is 584 g/mol. The van der Waals surface area contributed by atoms with Gasteiger partial charge in [0.05, 0.1) is 10.6 Å². The topological polar surface area (TPSA) is 86.8 Å². The fourth-order valence-corrected chi connectivity index (χ4v) is 6.37. The molecule has 4 aromatic carbocycles. The van der Waals surface area contributed by atoms with Crippen molar-refractivity contribution in [2.75, 3.05) is 17.9 Å². The van der Waals surface area contributed by atoms with E-state index >= 15 is 0 Å². The van der Waals surface area contributed by atoms with E-state index in [2.05, 4.69) is 5.32 Å². The van der Waals surface area contributed by atoms with Gasteiger partial charge in [-0.05, 0) is 67.3 Å². The third kappa shape index (κ3) is 7.44. The molecule has 0 aliphatic heterocycles. The highest BCUT2D eigenvalue weighted by Gasteiger charge is 2.34. The molecule has 0 bridgehead atoms. The lowest BCUT2D eigenvalue weighted by Gasteiger charge is -2.33. The Morgan fingerprint density at radius 3 is 1.88 bits per heavy atom. The zero-order valence-electron chi connectivity index (χ0n) is 24.4. The first-order valence-corrected chi connectivity index (χ1v) is 15.3. The smallest absolute Gasteiger partial charge is 0.264 e. The summed E-state index contributed by atoms with van der Waals surface area (Å²) in [6, 6.07) is 29.9. The van der Waals surface area contributed by atoms with E-state index in [0.717, 1.165) is 32.1 Å². The van der Waals surface area contributed by atoms with Gasteiger partial charge in [0, 0.05) is 20.0 Å². The molecule has 0 radical (unpaired) electrons. The molecule has 42 heavy (non-hydrogen) atoms. The first-order chi connectivity index (χ1) is 20.1. The summed E-state index contributed by atoms with van der Waals surface area (Å²) in [6.45, 7) is 5.41. The van der Waals surface area contributed by atoms with Gasteiger partial charge in [-0.2, -0.15) is 0 Å². The molecule has 4 rings (SSSR count). The summed E-state index contributed by atoms with van der Waals surface area (Å²) >= 11 is 0. The third-order valence-electron chi connectivity index (χ3n) is 7.10. The second kappa shape index (κ2) is 13.5. The van der Waals surface area contributed by atoms with Crippen LogP contribution in [0.4, 0.5) is 5.69 Å². The molecule has 0 spiro atoms. The minimum absolute atomic E-state index is 0.0779. The van der Waals surface area contributed by atoms with Crippen LogP contribution in [0.25, 0.3) is 0 Å². The van der Waals surface area contributed by atoms with Crippen LogP contribution in [0, 0.1) is 20.8 Å². The van der Waals surface area contributed by atoms with Gasteiger partial charge in [-0.15, -0.1) is 0 Å². The number of hydrogen-bond donors (Lipinski definition) is 1. The summed E-state index contributed by atoms with van der Waals surface area (Å²) in [6.07, 6.45) is 0.271. The number of carbonyl (C=O) groups is 2. The number of nitrogens with zero attached hydrogens (tertiary/aromatic N) is 2. The molecule has 8 heteroatoms. The Morgan fingerprint density at radius 1 is 0.738 bits per heavy atom. The molecule has 0 saturated heterocycles. The Bertz CT molecular complexity index is 1600. The van der Waals surface area contributed by atoms with Crippen molar-refractivity contribution in [2.24, 2.45) is 0 Å². The minimum atomic E-state index is -4.12. The lowest BCUT2D eigenvalue weighted by atomic mass is 10.0. The lowest BCUT2D eigenvalue weighted by molar-refractivity contribution is -0.139. The Morgan fingerprint density at radius 2 is 1.31 bits per heavy atom. The van der Waals surface area contributed by atoms with Crippen molar-refractivity contribution in [3.05, 3.63) is 131 Å². The predicted octanol–water partition coefficient (Wildman–Crippen LogP) is 5.19. The van der Waals surface area contributed by atoms with E-state index in [1.165, 1.54) is 24.1 Å². The molecule has 218 valence electrons. The summed E-state index contributed by atoms with van der Waals surface area (Å²) < 4.78 is 29.2. The Labute approximate surface area is 248 Å². The maximum absolute atomic E-state index is 14.3. The Balaban J connectivity index is 1.80. The summed E-state index contributed by atoms with van der Waals surface area (Å²) in [5.74, 6) is -0.818. The van der Waals surface area contributed by atoms with E-state index < -0.39 is 28.5 Å². The van der Waals surface area contributed by atoms with E-state index in [9.17, 15) is 18.0 Å². The molecule has 2 amide bonds. The molecule has 7 nitrogen and oxygen atoms in total. The minimum Gasteiger partial charge on any atom is -0.357 e. The molecule has 0 aliphatic rings. The highest BCUT2D eigenvalue weighted by molar-refractivity contribution is 7.92. The molecule has 0 aliphatic carbocycles. The highest BCUT2D eigenvalue weighted by Crippen LogP contribution is 2.27. The van der Waals surface area contributed by atoms with Crippen LogP contribution in [-0.4, -0.2) is 44.8 Å². The number of aryl methyl sites for hydroxylation is 3. The van der Waals surface area contributed by atoms with Gasteiger partial charge in [0.15, 0.2) is 0 Å². The van der Waals surface area contributed by atoms with Gasteiger partial charge in [-0.1, -0.05) is 84.4 Å². The third-order valence-corrected chi connectivity index (χ3v) is 8.88. The molecule has 1 atom stereocenters. The second-order valence-electron chi connectivity index (χ2n) is 10.5. The van der Waals surface area contributed by atoms with Crippen molar-refractivity contribution in [1.82, 2.24) is 10.2 Å². The zero-order chi connectivity index (χ0) is 30.3. The van der Waals surface area contributed by atoms with E-state index in [0.29, 0.717) is 5.69 Å². The number of nitrogens with one attached hydrogen (secondary N) is 1. The normalized spacial score (nSPS) is 11.9. The number of amides is 2. The SMILES string of the molecule is CNC(=O)[C@H](Cc1ccccc1)N(Cc1ccc(C)cc1)C(=O)CN(c1cc(C)cc(C)c1)S(=O)(=O)c1ccccc1. The van der Waals surface area contributed by atoms with Crippen LogP contribution in [-0.2, 0) is 32.6 Å². The van der Waals surface area contributed by atoms with Crippen molar-refractivity contribution >= 4 is 27.5 Å². The number of benzene rings is 4. The largest absolute Gasteiger partial charge is 0.357 e. The monoisotopic (exact) mass is 583 g/mol. The van der Waals surface area contributed by atoms with Gasteiger partial charge in [-0.25, -0.2) is 8.42 Å². The van der Waals surface area contributed by atoms with E-state index in [1.54, 1.807) is 30.3 Å². The molecule has 0 saturated carbocycles. The average Bonchev–Trinajstić information content (AvgIpc) is 2.98. The lowest BCUT2D eigenvalue weighted by Crippen LogP contribution is -2.53. The summed E-state index contributed by atoms with van der Waals surface area (Å²) in [5.41, 5.74) is 4.91. The maximum Gasteiger partial charge on any atom is 0.264 e. The molecule has 0 heterocycles. The number of carbonyl (C=O) groups excluding carboxylic acids is 2. The Kier molecular flexibility index (Phi) is 9.80. The van der Waals surface area contributed by atoms with Crippen molar-refractivity contribution in [2.45, 2.75) is 44.7 Å². The van der Waals surface area contributed by atoms with Gasteiger partial charge in [0.2, 0.25) is 11.8 Å². The Hall–Kier alpha value is -4.43. The number of sulfonamides is 1. The fraction of sp³-hybridized carbons (Fsp3) is 0.235. The highest BCUT2D eigenvalue weighted by atomic mass is 32.2. The van der Waals surface area contributed by atoms with Crippen molar-refractivity contribution in [3.8, 4) is 0 Å². The van der Waals surface area contributed by atoms with Crippen molar-refractivity contribution in [3.63, 3.8) is 0 Å². The van der Waals surface area contributed by atoms with Crippen LogP contribution in [0.2, 0.25) is 0 Å². The molecular weight excluding hydrogens is 546 g/mol. The number of anilines is 1. The number of hydrogen-bond acceptors (Lipinski definition) is 4. The van der Waals surface area contributed by atoms with Crippen LogP contribution >= 0.6 is 0 Å². The van der Waals surface area contributed by atoms with Crippen molar-refractivity contribution < 1.29 is 18.0 Å². The fourth-order valence-electron chi connectivity index (χ4n) is 4.95. The van der Waals surface area contributed by atoms with E-state index in [-0.39, 0.29) is 23.8 Å². The maximum atomic E-state index is 14.3. The first kappa shape index (κ1) is 30.5. The number of likely N-dealkylation sites (N-methyl/N-ethyl adjacent to an activating group) is 1. The van der Waals surface area contributed by atoms with Gasteiger partial charge in [-0.3, -0.25) is 13.9 Å². The summed E-state index contributed by atoms with van der Waals surface area (Å²) in [5, 5.41) is 2.71. The first-order valence-electron chi connectivity index (χ1n) is 13.8. The van der Waals surface area contributed by atoms with E-state index in [4.69, 9.17) is 0 Å². The van der Waals surface area contributed by atoms with Crippen molar-refractivity contribution in [1.29, 1.82) is 0 Å². The molecular formula is C34H37N3O4S. The molecule has 0 fully saturated rings. The van der Waals surface area contributed by atoms with Gasteiger partial charge < -0.3 is 10.2 Å². The molecule has 4 aromatic rings. The second-order valence-corrected chi connectivity index (χ2v) is 12.4. The zero-order valence-corrected chi connectivity index (χ0v) is 25.3.